The van der Waals surface area contributed by atoms with Gasteiger partial charge in [0.1, 0.15) is 0 Å². The molecule has 5 heavy (non-hydrogen) atoms. The summed E-state index contributed by atoms with van der Waals surface area (Å²) in [6.07, 6.45) is 0. The van der Waals surface area contributed by atoms with Crippen molar-refractivity contribution in [3.8, 4) is 0 Å². The fourth-order valence-electron chi connectivity index (χ4n) is 0. The van der Waals surface area contributed by atoms with Crippen LogP contribution in [0.1, 0.15) is 0 Å². The van der Waals surface area contributed by atoms with E-state index in [0.29, 0.717) is 0 Å². The molecule has 0 rings (SSSR count). The monoisotopic (exact) mass is 175 g/mol. The van der Waals surface area contributed by atoms with Crippen molar-refractivity contribution >= 4 is 0 Å². The molecule has 0 aliphatic heterocycles. The standard InChI is InChI=1S/CH4O.Cu.O.Zn/c1-2;;;/h2H,1H3;;;/q;;-2;+2. The van der Waals surface area contributed by atoms with E-state index in [-0.39, 0.29) is 42.0 Å². The fraction of sp³-hybridized carbons (Fsp3) is 1.00. The van der Waals surface area contributed by atoms with Crippen molar-refractivity contribution in [1.82, 2.24) is 0 Å². The molecule has 0 heterocycles. The Balaban J connectivity index is -0.00000000167. The van der Waals surface area contributed by atoms with Gasteiger partial charge in [0.2, 0.25) is 0 Å². The van der Waals surface area contributed by atoms with Crippen molar-refractivity contribution in [3.05, 3.63) is 0 Å². The van der Waals surface area contributed by atoms with Crippen LogP contribution >= 0.6 is 0 Å². The first kappa shape index (κ1) is 36.5. The summed E-state index contributed by atoms with van der Waals surface area (Å²) in [5, 5.41) is 7.00. The molecule has 0 aromatic rings. The van der Waals surface area contributed by atoms with Crippen molar-refractivity contribution in [2.75, 3.05) is 7.11 Å². The maximum absolute atomic E-state index is 7.00. The second-order valence-corrected chi connectivity index (χ2v) is 0. The molecule has 0 atom stereocenters. The zero-order chi connectivity index (χ0) is 2.00. The molecule has 0 amide bonds. The van der Waals surface area contributed by atoms with Crippen molar-refractivity contribution in [3.63, 3.8) is 0 Å². The van der Waals surface area contributed by atoms with Gasteiger partial charge in [0.05, 0.1) is 0 Å². The SMILES string of the molecule is CO.[Cu].[O-2].[Zn+2]. The number of aliphatic hydroxyl groups excluding tert-OH is 1. The second-order valence-electron chi connectivity index (χ2n) is 0. The second kappa shape index (κ2) is 74.0. The van der Waals surface area contributed by atoms with E-state index in [9.17, 15) is 0 Å². The number of aliphatic hydroxyl groups is 1. The number of hydrogen-bond donors (Lipinski definition) is 1. The molecular formula is CH4CuO2Zn. The Morgan fingerprint density at radius 3 is 1.20 bits per heavy atom. The van der Waals surface area contributed by atoms with Crippen LogP contribution in [0.2, 0.25) is 0 Å². The van der Waals surface area contributed by atoms with Crippen molar-refractivity contribution in [2.45, 2.75) is 0 Å². The van der Waals surface area contributed by atoms with E-state index < -0.39 is 0 Å². The first-order chi connectivity index (χ1) is 1.00. The van der Waals surface area contributed by atoms with Gasteiger partial charge in [0.15, 0.2) is 0 Å². The first-order valence-electron chi connectivity index (χ1n) is 0.447. The van der Waals surface area contributed by atoms with Gasteiger partial charge in [-0.15, -0.1) is 0 Å². The van der Waals surface area contributed by atoms with E-state index in [4.69, 9.17) is 5.11 Å². The van der Waals surface area contributed by atoms with Gasteiger partial charge in [-0.3, -0.25) is 0 Å². The zero-order valence-electron chi connectivity index (χ0n) is 2.86. The van der Waals surface area contributed by atoms with E-state index in [1.165, 1.54) is 0 Å². The largest absolute Gasteiger partial charge is 2.00 e. The van der Waals surface area contributed by atoms with Crippen LogP contribution in [0.25, 0.3) is 0 Å². The van der Waals surface area contributed by atoms with E-state index in [0.717, 1.165) is 7.11 Å². The molecule has 0 saturated carbocycles. The molecule has 1 radical (unpaired) electrons. The van der Waals surface area contributed by atoms with Crippen LogP contribution in [0, 0.1) is 0 Å². The molecule has 33 valence electrons. The van der Waals surface area contributed by atoms with Gasteiger partial charge in [-0.2, -0.15) is 0 Å². The Bertz CT molecular complexity index is 9.61. The van der Waals surface area contributed by atoms with Crippen LogP contribution in [-0.4, -0.2) is 12.2 Å². The predicted octanol–water partition coefficient (Wildman–Crippen LogP) is -0.515. The molecule has 1 N–H and O–H groups in total. The summed E-state index contributed by atoms with van der Waals surface area (Å²) in [6.45, 7) is 0. The van der Waals surface area contributed by atoms with Gasteiger partial charge in [-0.1, -0.05) is 0 Å². The molecule has 4 heteroatoms. The van der Waals surface area contributed by atoms with Gasteiger partial charge in [-0.05, 0) is 0 Å². The molecule has 0 unspecified atom stereocenters. The topological polar surface area (TPSA) is 48.7 Å². The zero-order valence-corrected chi connectivity index (χ0v) is 6.77. The average molecular weight is 177 g/mol. The predicted molar refractivity (Wildman–Crippen MR) is 8.83 cm³/mol. The molecule has 0 aromatic heterocycles. The smallest absolute Gasteiger partial charge is 2.00 e. The summed E-state index contributed by atoms with van der Waals surface area (Å²) in [6, 6.07) is 0. The molecule has 0 aliphatic rings. The van der Waals surface area contributed by atoms with Crippen LogP contribution in [0.3, 0.4) is 0 Å². The van der Waals surface area contributed by atoms with Crippen molar-refractivity contribution in [1.29, 1.82) is 0 Å². The first-order valence-corrected chi connectivity index (χ1v) is 0.447. The summed E-state index contributed by atoms with van der Waals surface area (Å²) < 4.78 is 0. The van der Waals surface area contributed by atoms with Crippen molar-refractivity contribution < 1.29 is 47.1 Å². The molecule has 0 spiro atoms. The van der Waals surface area contributed by atoms with Gasteiger partial charge in [-0.25, -0.2) is 0 Å². The van der Waals surface area contributed by atoms with E-state index in [2.05, 4.69) is 0 Å². The van der Waals surface area contributed by atoms with E-state index in [1.54, 1.807) is 0 Å². The summed E-state index contributed by atoms with van der Waals surface area (Å²) in [5.41, 5.74) is 0. The third kappa shape index (κ3) is 42.0. The normalized spacial score (nSPS) is 1.20. The summed E-state index contributed by atoms with van der Waals surface area (Å²) in [7, 11) is 1.00. The van der Waals surface area contributed by atoms with Gasteiger partial charge < -0.3 is 10.6 Å². The Morgan fingerprint density at radius 1 is 1.20 bits per heavy atom. The molecule has 0 aromatic carbocycles. The van der Waals surface area contributed by atoms with Crippen LogP contribution in [-0.2, 0) is 42.0 Å². The summed E-state index contributed by atoms with van der Waals surface area (Å²) >= 11 is 0. The van der Waals surface area contributed by atoms with Crippen LogP contribution in [0.15, 0.2) is 0 Å². The maximum Gasteiger partial charge on any atom is 2.00 e. The molecule has 2 nitrogen and oxygen atoms in total. The quantitative estimate of drug-likeness (QED) is 0.497. The third-order valence-corrected chi connectivity index (χ3v) is 0. The van der Waals surface area contributed by atoms with Crippen molar-refractivity contribution in [2.24, 2.45) is 0 Å². The Kier molecular flexibility index (Phi) is 540. The average Bonchev–Trinajstić information content (AvgIpc) is 1.00. The minimum absolute atomic E-state index is 0. The Morgan fingerprint density at radius 2 is 1.20 bits per heavy atom. The molecular weight excluding hydrogens is 173 g/mol. The number of rotatable bonds is 0. The summed E-state index contributed by atoms with van der Waals surface area (Å²) in [5.74, 6) is 0. The minimum Gasteiger partial charge on any atom is -2.00 e. The van der Waals surface area contributed by atoms with Crippen LogP contribution < -0.4 is 0 Å². The summed E-state index contributed by atoms with van der Waals surface area (Å²) in [4.78, 5) is 0. The molecule has 0 fully saturated rings. The number of hydrogen-bond acceptors (Lipinski definition) is 1. The van der Waals surface area contributed by atoms with Gasteiger partial charge in [0.25, 0.3) is 0 Å². The maximum atomic E-state index is 7.00. The third-order valence-electron chi connectivity index (χ3n) is 0. The minimum atomic E-state index is 0. The van der Waals surface area contributed by atoms with Gasteiger partial charge in [0, 0.05) is 24.2 Å². The van der Waals surface area contributed by atoms with E-state index in [1.807, 2.05) is 0 Å². The Hall–Kier alpha value is 1.06. The molecule has 0 bridgehead atoms. The molecule has 0 aliphatic carbocycles. The van der Waals surface area contributed by atoms with Crippen LogP contribution in [0.5, 0.6) is 0 Å². The fourth-order valence-corrected chi connectivity index (χ4v) is 0. The Labute approximate surface area is 54.5 Å². The van der Waals surface area contributed by atoms with Crippen LogP contribution in [0.4, 0.5) is 0 Å². The van der Waals surface area contributed by atoms with Gasteiger partial charge >= 0.3 is 19.5 Å². The van der Waals surface area contributed by atoms with E-state index >= 15 is 0 Å². The molecule has 0 saturated heterocycles.